The van der Waals surface area contributed by atoms with E-state index < -0.39 is 11.7 Å². The molecule has 0 unspecified atom stereocenters. The van der Waals surface area contributed by atoms with Crippen LogP contribution in [0.5, 0.6) is 5.75 Å². The smallest absolute Gasteiger partial charge is 0.416 e. The number of imidazole rings is 4. The number of H-pyrrole nitrogens is 4. The highest BCUT2D eigenvalue weighted by atomic mass is 35.5. The summed E-state index contributed by atoms with van der Waals surface area (Å²) in [6, 6.07) is 28.2. The molecule has 60 heavy (non-hydrogen) atoms. The van der Waals surface area contributed by atoms with Gasteiger partial charge in [-0.05, 0) is 116 Å². The average molecular weight is 839 g/mol. The molecule has 0 fully saturated rings. The molecule has 9 nitrogen and oxygen atoms in total. The molecule has 0 aliphatic rings. The second-order valence-corrected chi connectivity index (χ2v) is 14.1. The number of methoxy groups -OCH3 is 1. The van der Waals surface area contributed by atoms with Crippen LogP contribution >= 0.6 is 11.6 Å². The van der Waals surface area contributed by atoms with E-state index in [2.05, 4.69) is 58.1 Å². The summed E-state index contributed by atoms with van der Waals surface area (Å²) in [5, 5.41) is 0.798. The lowest BCUT2D eigenvalue weighted by Crippen LogP contribution is -2.05. The first kappa shape index (κ1) is 44.6. The fraction of sp³-hybridized carbons (Fsp3) is 0.217. The van der Waals surface area contributed by atoms with Crippen molar-refractivity contribution >= 4 is 11.6 Å². The number of hydrogen-bond donors (Lipinski definition) is 4. The van der Waals surface area contributed by atoms with E-state index in [4.69, 9.17) is 16.3 Å². The van der Waals surface area contributed by atoms with Crippen LogP contribution in [0.2, 0.25) is 5.02 Å². The Morgan fingerprint density at radius 3 is 1.30 bits per heavy atom. The van der Waals surface area contributed by atoms with Crippen LogP contribution in [0.3, 0.4) is 0 Å². The van der Waals surface area contributed by atoms with E-state index >= 15 is 0 Å². The quantitative estimate of drug-likeness (QED) is 0.0861. The molecule has 14 heteroatoms. The Morgan fingerprint density at radius 1 is 0.500 bits per heavy atom. The molecule has 0 aliphatic heterocycles. The zero-order valence-corrected chi connectivity index (χ0v) is 33.9. The Hall–Kier alpha value is -6.47. The van der Waals surface area contributed by atoms with Crippen LogP contribution in [0.1, 0.15) is 50.6 Å². The predicted molar refractivity (Wildman–Crippen MR) is 226 cm³/mol. The molecule has 0 radical (unpaired) electrons. The summed E-state index contributed by atoms with van der Waals surface area (Å²) in [4.78, 5) is 27.8. The Morgan fingerprint density at radius 2 is 0.900 bits per heavy atom. The number of aryl methyl sites for hydroxylation is 8. The minimum Gasteiger partial charge on any atom is -0.497 e. The highest BCUT2D eigenvalue weighted by Crippen LogP contribution is 2.29. The predicted octanol–water partition coefficient (Wildman–Crippen LogP) is 10.6. The van der Waals surface area contributed by atoms with Gasteiger partial charge in [0.25, 0.3) is 0 Å². The zero-order chi connectivity index (χ0) is 42.4. The molecule has 4 heterocycles. The maximum atomic E-state index is 12.8. The molecule has 8 aromatic rings. The number of halogens is 5. The number of alkyl halides is 3. The van der Waals surface area contributed by atoms with E-state index in [0.717, 1.165) is 83.7 Å². The summed E-state index contributed by atoms with van der Waals surface area (Å²) in [6.07, 6.45) is 16.4. The number of nitrogens with zero attached hydrogens (tertiary/aromatic N) is 4. The molecule has 8 rings (SSSR count). The number of aromatic nitrogens is 8. The van der Waals surface area contributed by atoms with Crippen molar-refractivity contribution in [2.24, 2.45) is 0 Å². The van der Waals surface area contributed by atoms with E-state index in [1.54, 1.807) is 63.0 Å². The van der Waals surface area contributed by atoms with Crippen molar-refractivity contribution in [3.63, 3.8) is 0 Å². The third-order valence-electron chi connectivity index (χ3n) is 9.12. The first-order chi connectivity index (χ1) is 29.1. The van der Waals surface area contributed by atoms with Gasteiger partial charge in [0.15, 0.2) is 0 Å². The van der Waals surface area contributed by atoms with Crippen molar-refractivity contribution in [2.75, 3.05) is 7.11 Å². The van der Waals surface area contributed by atoms with Gasteiger partial charge >= 0.3 is 6.18 Å². The van der Waals surface area contributed by atoms with Crippen molar-refractivity contribution in [1.82, 2.24) is 39.9 Å². The minimum atomic E-state index is -4.27. The van der Waals surface area contributed by atoms with Crippen molar-refractivity contribution in [2.45, 2.75) is 57.5 Å². The van der Waals surface area contributed by atoms with E-state index in [0.29, 0.717) is 18.4 Å². The molecule has 0 bridgehead atoms. The molecule has 0 saturated heterocycles. The molecule has 0 aliphatic carbocycles. The fourth-order valence-corrected chi connectivity index (χ4v) is 6.13. The highest BCUT2D eigenvalue weighted by molar-refractivity contribution is 6.30. The maximum absolute atomic E-state index is 12.8. The second-order valence-electron chi connectivity index (χ2n) is 13.6. The van der Waals surface area contributed by atoms with E-state index in [1.807, 2.05) is 48.8 Å². The fourth-order valence-electron chi connectivity index (χ4n) is 5.92. The lowest BCUT2D eigenvalue weighted by atomic mass is 10.1. The van der Waals surface area contributed by atoms with E-state index in [9.17, 15) is 17.6 Å². The van der Waals surface area contributed by atoms with E-state index in [1.165, 1.54) is 29.3 Å². The van der Waals surface area contributed by atoms with Crippen molar-refractivity contribution in [1.29, 1.82) is 0 Å². The normalized spacial score (nSPS) is 10.7. The molecule has 4 N–H and O–H groups in total. The van der Waals surface area contributed by atoms with E-state index in [-0.39, 0.29) is 5.82 Å². The van der Waals surface area contributed by atoms with Crippen LogP contribution in [0.15, 0.2) is 147 Å². The number of nitrogens with one attached hydrogen (secondary N) is 4. The van der Waals surface area contributed by atoms with Crippen LogP contribution in [-0.4, -0.2) is 47.0 Å². The van der Waals surface area contributed by atoms with Crippen LogP contribution < -0.4 is 4.74 Å². The largest absolute Gasteiger partial charge is 0.497 e. The monoisotopic (exact) mass is 838 g/mol. The lowest BCUT2D eigenvalue weighted by molar-refractivity contribution is -0.137. The van der Waals surface area contributed by atoms with Gasteiger partial charge in [-0.2, -0.15) is 13.2 Å². The Kier molecular flexibility index (Phi) is 17.7. The third-order valence-corrected chi connectivity index (χ3v) is 9.35. The topological polar surface area (TPSA) is 124 Å². The number of rotatable bonds is 13. The summed E-state index contributed by atoms with van der Waals surface area (Å²) in [5.74, 6) is 0.740. The number of hydrogen-bond acceptors (Lipinski definition) is 5. The molecule has 4 aromatic carbocycles. The number of ether oxygens (including phenoxy) is 1. The standard InChI is InChI=1S/C12H11F3N2.C12H14N2O.C11H11ClN2.C11H11FN2/c13-12(14,15)10-3-1-2-9(6-10)4-5-11-7-16-8-17-11;1-15-12-4-2-3-10(7-12)5-6-11-8-13-9-14-11;2*12-10-3-1-2-9(6-10)4-5-11-7-13-8-14-11/h1-3,6-8H,4-5H2,(H,16,17);2-4,7-9H,5-6H2,1H3,(H,13,14);2*1-3,6-8H,4-5H2,(H,13,14). The maximum Gasteiger partial charge on any atom is 0.416 e. The molecule has 0 atom stereocenters. The van der Waals surface area contributed by atoms with Crippen molar-refractivity contribution in [3.8, 4) is 5.75 Å². The van der Waals surface area contributed by atoms with Crippen molar-refractivity contribution in [3.05, 3.63) is 209 Å². The summed E-state index contributed by atoms with van der Waals surface area (Å²) >= 11 is 5.89. The molecule has 4 aromatic heterocycles. The molecule has 0 amide bonds. The van der Waals surface area contributed by atoms with Crippen LogP contribution in [-0.2, 0) is 57.5 Å². The summed E-state index contributed by atoms with van der Waals surface area (Å²) in [7, 11) is 1.69. The second kappa shape index (κ2) is 23.8. The van der Waals surface area contributed by atoms with Gasteiger partial charge in [-0.25, -0.2) is 24.3 Å². The molecular formula is C46H47ClF4N8O. The Bertz CT molecular complexity index is 2270. The van der Waals surface area contributed by atoms with Gasteiger partial charge in [0.05, 0.1) is 38.0 Å². The van der Waals surface area contributed by atoms with Gasteiger partial charge in [0, 0.05) is 52.6 Å². The lowest BCUT2D eigenvalue weighted by Gasteiger charge is -2.08. The summed E-state index contributed by atoms with van der Waals surface area (Å²) in [6.45, 7) is 0. The number of benzene rings is 4. The molecule has 0 spiro atoms. The Balaban J connectivity index is 0.000000152. The van der Waals surface area contributed by atoms with Gasteiger partial charge in [0.1, 0.15) is 11.6 Å². The molecule has 0 saturated carbocycles. The minimum absolute atomic E-state index is 0.174. The van der Waals surface area contributed by atoms with Crippen LogP contribution in [0, 0.1) is 5.82 Å². The van der Waals surface area contributed by atoms with Gasteiger partial charge in [-0.1, -0.05) is 66.2 Å². The van der Waals surface area contributed by atoms with Crippen LogP contribution in [0.25, 0.3) is 0 Å². The molecular weight excluding hydrogens is 792 g/mol. The Labute approximate surface area is 351 Å². The summed E-state index contributed by atoms with van der Waals surface area (Å²) in [5.41, 5.74) is 7.95. The van der Waals surface area contributed by atoms with Gasteiger partial charge in [-0.3, -0.25) is 0 Å². The highest BCUT2D eigenvalue weighted by Gasteiger charge is 2.30. The van der Waals surface area contributed by atoms with Gasteiger partial charge in [-0.15, -0.1) is 0 Å². The average Bonchev–Trinajstić information content (AvgIpc) is 4.12. The van der Waals surface area contributed by atoms with Gasteiger partial charge < -0.3 is 24.7 Å². The number of aromatic amines is 4. The summed E-state index contributed by atoms with van der Waals surface area (Å²) < 4.78 is 55.4. The molecule has 312 valence electrons. The van der Waals surface area contributed by atoms with Crippen molar-refractivity contribution < 1.29 is 22.3 Å². The SMILES string of the molecule is COc1cccc(CCc2cnc[nH]2)c1.Clc1cccc(CCc2cnc[nH]2)c1.FC(F)(F)c1cccc(CCc2cnc[nH]2)c1.Fc1cccc(CCc2cnc[nH]2)c1. The van der Waals surface area contributed by atoms with Crippen LogP contribution in [0.4, 0.5) is 17.6 Å². The third kappa shape index (κ3) is 16.4. The first-order valence-electron chi connectivity index (χ1n) is 19.3. The van der Waals surface area contributed by atoms with Gasteiger partial charge in [0.2, 0.25) is 0 Å². The zero-order valence-electron chi connectivity index (χ0n) is 33.1. The first-order valence-corrected chi connectivity index (χ1v) is 19.7.